The molecule has 196 valence electrons. The summed E-state index contributed by atoms with van der Waals surface area (Å²) in [6.07, 6.45) is -5.59. The number of nitrogens with zero attached hydrogens (tertiary/aromatic N) is 2. The van der Waals surface area contributed by atoms with Gasteiger partial charge in [-0.2, -0.15) is 0 Å². The first-order valence-corrected chi connectivity index (χ1v) is 11.8. The molecule has 0 aliphatic rings. The number of carboxylic acid groups (broad SMARTS) is 1. The van der Waals surface area contributed by atoms with Crippen LogP contribution in [0.2, 0.25) is 5.02 Å². The van der Waals surface area contributed by atoms with Gasteiger partial charge < -0.3 is 19.1 Å². The van der Waals surface area contributed by atoms with E-state index in [-0.39, 0.29) is 5.75 Å². The Morgan fingerprint density at radius 2 is 1.89 bits per heavy atom. The van der Waals surface area contributed by atoms with Gasteiger partial charge in [-0.05, 0) is 73.9 Å². The minimum atomic E-state index is -4.85. The highest BCUT2D eigenvalue weighted by atomic mass is 35.5. The number of benzene rings is 3. The number of hydrogen-bond donors (Lipinski definition) is 1. The van der Waals surface area contributed by atoms with Gasteiger partial charge in [0.1, 0.15) is 11.5 Å². The first-order valence-electron chi connectivity index (χ1n) is 11.4. The fraction of sp³-hybridized carbons (Fsp3) is 0.185. The summed E-state index contributed by atoms with van der Waals surface area (Å²) in [6, 6.07) is 16.1. The highest BCUT2D eigenvalue weighted by Gasteiger charge is 2.31. The molecule has 5 rings (SSSR count). The second-order valence-corrected chi connectivity index (χ2v) is 9.13. The van der Waals surface area contributed by atoms with Crippen molar-refractivity contribution in [1.82, 2.24) is 9.72 Å². The van der Waals surface area contributed by atoms with Gasteiger partial charge >= 0.3 is 12.3 Å². The van der Waals surface area contributed by atoms with Crippen LogP contribution >= 0.6 is 11.6 Å². The second-order valence-electron chi connectivity index (χ2n) is 8.70. The number of carboxylic acids is 1. The van der Waals surface area contributed by atoms with Crippen molar-refractivity contribution in [3.05, 3.63) is 82.5 Å². The van der Waals surface area contributed by atoms with E-state index in [1.165, 1.54) is 25.1 Å². The molecule has 0 aliphatic carbocycles. The maximum Gasteiger partial charge on any atom is 0.573 e. The Labute approximate surface area is 218 Å². The zero-order valence-electron chi connectivity index (χ0n) is 20.0. The summed E-state index contributed by atoms with van der Waals surface area (Å²) in [5.41, 5.74) is 3.27. The number of aromatic nitrogens is 2. The van der Waals surface area contributed by atoms with Gasteiger partial charge in [0.25, 0.3) is 0 Å². The lowest BCUT2D eigenvalue weighted by Gasteiger charge is -2.12. The Hall–Kier alpha value is -4.18. The SMILES string of the molecule is Cc1c(Cc2cccc(O[C@H](C)C(=O)O)c2)c2cc(OC(F)(F)F)ccc2n1-c1noc2cc(Cl)ccc12. The molecule has 0 unspecified atom stereocenters. The maximum absolute atomic E-state index is 13.0. The number of alkyl halides is 3. The number of hydrogen-bond acceptors (Lipinski definition) is 5. The van der Waals surface area contributed by atoms with Gasteiger partial charge in [0, 0.05) is 22.2 Å². The van der Waals surface area contributed by atoms with Crippen LogP contribution in [0.1, 0.15) is 23.7 Å². The van der Waals surface area contributed by atoms with Crippen LogP contribution in [0.15, 0.2) is 65.2 Å². The largest absolute Gasteiger partial charge is 0.573 e. The van der Waals surface area contributed by atoms with Crippen molar-refractivity contribution in [1.29, 1.82) is 0 Å². The van der Waals surface area contributed by atoms with E-state index in [4.69, 9.17) is 26.0 Å². The highest BCUT2D eigenvalue weighted by Crippen LogP contribution is 2.37. The fourth-order valence-corrected chi connectivity index (χ4v) is 4.56. The molecule has 0 bridgehead atoms. The van der Waals surface area contributed by atoms with Crippen LogP contribution in [0.5, 0.6) is 11.5 Å². The van der Waals surface area contributed by atoms with Gasteiger partial charge in [0.2, 0.25) is 0 Å². The van der Waals surface area contributed by atoms with Crippen LogP contribution in [0.3, 0.4) is 0 Å². The second kappa shape index (κ2) is 9.60. The number of rotatable bonds is 7. The Morgan fingerprint density at radius 1 is 1.11 bits per heavy atom. The van der Waals surface area contributed by atoms with E-state index in [1.807, 2.05) is 17.6 Å². The van der Waals surface area contributed by atoms with Crippen LogP contribution in [-0.4, -0.2) is 33.3 Å². The Morgan fingerprint density at radius 3 is 2.63 bits per heavy atom. The molecule has 3 aromatic carbocycles. The fourth-order valence-electron chi connectivity index (χ4n) is 4.40. The van der Waals surface area contributed by atoms with E-state index in [0.29, 0.717) is 44.9 Å². The van der Waals surface area contributed by atoms with Crippen molar-refractivity contribution in [3.8, 4) is 17.3 Å². The van der Waals surface area contributed by atoms with Crippen molar-refractivity contribution in [2.75, 3.05) is 0 Å². The average molecular weight is 545 g/mol. The molecule has 0 spiro atoms. The van der Waals surface area contributed by atoms with Crippen LogP contribution < -0.4 is 9.47 Å². The van der Waals surface area contributed by atoms with Crippen molar-refractivity contribution in [3.63, 3.8) is 0 Å². The van der Waals surface area contributed by atoms with Gasteiger partial charge in [0.15, 0.2) is 17.5 Å². The topological polar surface area (TPSA) is 86.7 Å². The molecule has 38 heavy (non-hydrogen) atoms. The van der Waals surface area contributed by atoms with Crippen molar-refractivity contribution in [2.45, 2.75) is 32.7 Å². The van der Waals surface area contributed by atoms with Gasteiger partial charge in [-0.15, -0.1) is 13.2 Å². The molecule has 11 heteroatoms. The molecule has 0 fully saturated rings. The summed E-state index contributed by atoms with van der Waals surface area (Å²) < 4.78 is 56.0. The van der Waals surface area contributed by atoms with Crippen LogP contribution in [0.25, 0.3) is 27.7 Å². The molecule has 5 aromatic rings. The minimum Gasteiger partial charge on any atom is -0.479 e. The first kappa shape index (κ1) is 25.5. The normalized spacial score (nSPS) is 12.7. The monoisotopic (exact) mass is 544 g/mol. The molecule has 0 amide bonds. The molecular weight excluding hydrogens is 525 g/mol. The van der Waals surface area contributed by atoms with Crippen molar-refractivity contribution < 1.29 is 37.1 Å². The third-order valence-corrected chi connectivity index (χ3v) is 6.34. The van der Waals surface area contributed by atoms with E-state index >= 15 is 0 Å². The van der Waals surface area contributed by atoms with Crippen molar-refractivity contribution >= 4 is 39.4 Å². The predicted molar refractivity (Wildman–Crippen MR) is 134 cm³/mol. The van der Waals surface area contributed by atoms with E-state index in [2.05, 4.69) is 9.89 Å². The summed E-state index contributed by atoms with van der Waals surface area (Å²) in [4.78, 5) is 11.2. The molecule has 2 aromatic heterocycles. The number of ether oxygens (including phenoxy) is 2. The number of halogens is 4. The third kappa shape index (κ3) is 4.99. The number of aliphatic carboxylic acids is 1. The van der Waals surface area contributed by atoms with Gasteiger partial charge in [-0.25, -0.2) is 4.79 Å². The van der Waals surface area contributed by atoms with E-state index < -0.39 is 18.4 Å². The minimum absolute atomic E-state index is 0.311. The molecule has 0 saturated heterocycles. The first-order chi connectivity index (χ1) is 18.0. The van der Waals surface area contributed by atoms with E-state index in [9.17, 15) is 18.0 Å². The Kier molecular flexibility index (Phi) is 6.44. The lowest BCUT2D eigenvalue weighted by atomic mass is 10.0. The van der Waals surface area contributed by atoms with Crippen LogP contribution in [0.4, 0.5) is 13.2 Å². The smallest absolute Gasteiger partial charge is 0.479 e. The third-order valence-electron chi connectivity index (χ3n) is 6.11. The summed E-state index contributed by atoms with van der Waals surface area (Å²) in [6.45, 7) is 3.26. The molecular formula is C27H20ClF3N2O5. The molecule has 1 atom stereocenters. The molecule has 2 heterocycles. The number of fused-ring (bicyclic) bond motifs is 2. The van der Waals surface area contributed by atoms with E-state index in [0.717, 1.165) is 16.8 Å². The van der Waals surface area contributed by atoms with E-state index in [1.54, 1.807) is 36.4 Å². The molecule has 1 N–H and O–H groups in total. The Bertz CT molecular complexity index is 1680. The predicted octanol–water partition coefficient (Wildman–Crippen LogP) is 7.07. The Balaban J connectivity index is 1.65. The maximum atomic E-state index is 13.0. The summed E-state index contributed by atoms with van der Waals surface area (Å²) in [5.74, 6) is -0.637. The number of carbonyl (C=O) groups is 1. The zero-order chi connectivity index (χ0) is 27.2. The molecule has 0 aliphatic heterocycles. The molecule has 7 nitrogen and oxygen atoms in total. The lowest BCUT2D eigenvalue weighted by molar-refractivity contribution is -0.274. The van der Waals surface area contributed by atoms with Gasteiger partial charge in [0.05, 0.1) is 10.9 Å². The van der Waals surface area contributed by atoms with Crippen LogP contribution in [-0.2, 0) is 11.2 Å². The standard InChI is InChI=1S/C27H20ClF3N2O5/c1-14-21(11-16-4-3-5-18(10-16)36-15(2)26(34)35)22-13-19(37-27(29,30)31)7-9-23(22)33(14)25-20-8-6-17(28)12-24(20)38-32-25/h3-10,12-13,15H,11H2,1-2H3,(H,34,35)/t15-/m1/s1. The van der Waals surface area contributed by atoms with Gasteiger partial charge in [-0.3, -0.25) is 4.57 Å². The summed E-state index contributed by atoms with van der Waals surface area (Å²) in [5, 5.41) is 15.1. The summed E-state index contributed by atoms with van der Waals surface area (Å²) >= 11 is 6.08. The van der Waals surface area contributed by atoms with Crippen LogP contribution in [0, 0.1) is 6.92 Å². The zero-order valence-corrected chi connectivity index (χ0v) is 20.8. The lowest BCUT2D eigenvalue weighted by Crippen LogP contribution is -2.22. The summed E-state index contributed by atoms with van der Waals surface area (Å²) in [7, 11) is 0. The quantitative estimate of drug-likeness (QED) is 0.236. The molecule has 0 radical (unpaired) electrons. The molecule has 0 saturated carbocycles. The van der Waals surface area contributed by atoms with Crippen molar-refractivity contribution in [2.24, 2.45) is 0 Å². The highest BCUT2D eigenvalue weighted by molar-refractivity contribution is 6.31. The average Bonchev–Trinajstić information content (AvgIpc) is 3.36. The van der Waals surface area contributed by atoms with Gasteiger partial charge in [-0.1, -0.05) is 28.9 Å².